The van der Waals surface area contributed by atoms with Crippen LogP contribution in [-0.2, 0) is 6.54 Å². The smallest absolute Gasteiger partial charge is 0.280 e. The molecular formula is C31H33N7O2. The zero-order valence-electron chi connectivity index (χ0n) is 23.1. The van der Waals surface area contributed by atoms with Crippen LogP contribution in [0, 0.1) is 17.2 Å². The highest BCUT2D eigenvalue weighted by atomic mass is 16.2. The van der Waals surface area contributed by atoms with Crippen molar-refractivity contribution in [3.05, 3.63) is 75.7 Å². The lowest BCUT2D eigenvalue weighted by molar-refractivity contribution is 0.0823. The Kier molecular flexibility index (Phi) is 6.72. The largest absolute Gasteiger partial charge is 0.353 e. The Balaban J connectivity index is 1.47. The van der Waals surface area contributed by atoms with E-state index in [2.05, 4.69) is 27.9 Å². The van der Waals surface area contributed by atoms with Gasteiger partial charge in [-0.2, -0.15) is 5.26 Å². The molecule has 1 aliphatic carbocycles. The molecule has 4 aromatic heterocycles. The number of H-pyrrole nitrogens is 1. The molecule has 204 valence electrons. The number of pyridine rings is 3. The maximum atomic E-state index is 13.9. The van der Waals surface area contributed by atoms with Crippen molar-refractivity contribution in [2.45, 2.75) is 45.1 Å². The lowest BCUT2D eigenvalue weighted by Gasteiger charge is -2.30. The molecule has 6 rings (SSSR count). The molecule has 9 heteroatoms. The van der Waals surface area contributed by atoms with Crippen molar-refractivity contribution in [1.29, 1.82) is 5.26 Å². The molecule has 1 saturated carbocycles. The average Bonchev–Trinajstić information content (AvgIpc) is 3.72. The number of amides is 1. The summed E-state index contributed by atoms with van der Waals surface area (Å²) in [4.78, 5) is 43.3. The molecule has 2 aliphatic rings. The van der Waals surface area contributed by atoms with Crippen LogP contribution in [0.4, 0.5) is 0 Å². The van der Waals surface area contributed by atoms with Crippen LogP contribution in [0.3, 0.4) is 0 Å². The Morgan fingerprint density at radius 2 is 2.05 bits per heavy atom. The van der Waals surface area contributed by atoms with Gasteiger partial charge in [-0.05, 0) is 68.0 Å². The highest BCUT2D eigenvalue weighted by molar-refractivity contribution is 5.98. The molecule has 0 bridgehead atoms. The van der Waals surface area contributed by atoms with Crippen molar-refractivity contribution in [3.63, 3.8) is 0 Å². The third kappa shape index (κ3) is 4.91. The Labute approximate surface area is 233 Å². The maximum absolute atomic E-state index is 13.9. The highest BCUT2D eigenvalue weighted by Gasteiger charge is 2.28. The van der Waals surface area contributed by atoms with E-state index in [-0.39, 0.29) is 11.5 Å². The van der Waals surface area contributed by atoms with E-state index in [1.165, 1.54) is 22.3 Å². The van der Waals surface area contributed by atoms with Gasteiger partial charge in [-0.25, -0.2) is 4.98 Å². The van der Waals surface area contributed by atoms with Gasteiger partial charge in [0.25, 0.3) is 11.5 Å². The first-order chi connectivity index (χ1) is 19.3. The first-order valence-electron chi connectivity index (χ1n) is 13.9. The predicted octanol–water partition coefficient (Wildman–Crippen LogP) is 4.46. The van der Waals surface area contributed by atoms with E-state index in [0.29, 0.717) is 51.9 Å². The second-order valence-corrected chi connectivity index (χ2v) is 11.4. The van der Waals surface area contributed by atoms with E-state index in [1.54, 1.807) is 32.6 Å². The molecule has 40 heavy (non-hydrogen) atoms. The summed E-state index contributed by atoms with van der Waals surface area (Å²) in [7, 11) is 3.39. The zero-order chi connectivity index (χ0) is 28.0. The first kappa shape index (κ1) is 26.0. The summed E-state index contributed by atoms with van der Waals surface area (Å²) < 4.78 is 1.46. The van der Waals surface area contributed by atoms with Gasteiger partial charge in [0.2, 0.25) is 0 Å². The number of carbonyl (C=O) groups excluding carboxylic acids is 1. The number of carbonyl (C=O) groups is 1. The van der Waals surface area contributed by atoms with Gasteiger partial charge in [0.1, 0.15) is 23.1 Å². The molecule has 0 radical (unpaired) electrons. The number of aromatic amines is 1. The van der Waals surface area contributed by atoms with E-state index in [0.717, 1.165) is 42.9 Å². The fourth-order valence-electron chi connectivity index (χ4n) is 5.71. The van der Waals surface area contributed by atoms with Crippen LogP contribution in [0.5, 0.6) is 0 Å². The molecule has 1 N–H and O–H groups in total. The van der Waals surface area contributed by atoms with Gasteiger partial charge in [-0.15, -0.1) is 0 Å². The Hall–Kier alpha value is -4.29. The summed E-state index contributed by atoms with van der Waals surface area (Å²) in [5.41, 5.74) is 4.15. The molecule has 1 atom stereocenters. The molecule has 4 aromatic rings. The van der Waals surface area contributed by atoms with Crippen molar-refractivity contribution in [2.24, 2.45) is 5.92 Å². The minimum Gasteiger partial charge on any atom is -0.353 e. The molecule has 1 amide bonds. The number of rotatable bonds is 6. The standard InChI is InChI=1S/C31H33N7O2/c1-19-6-5-11-37(16-19)18-23-14-25-22(15-32)17-38(31(40)29(25)34-23)27-13-21(12-26(35-27)20-8-9-20)24-7-4-10-33-28(24)30(39)36(2)3/h4,7,10,12-14,17,19-20,34H,5-6,8-9,11,16,18H2,1-3H3/t19-/m0/s1. The van der Waals surface area contributed by atoms with E-state index < -0.39 is 0 Å². The second kappa shape index (κ2) is 10.4. The van der Waals surface area contributed by atoms with Gasteiger partial charge >= 0.3 is 0 Å². The number of nitrogens with zero attached hydrogens (tertiary/aromatic N) is 6. The van der Waals surface area contributed by atoms with Gasteiger partial charge < -0.3 is 9.88 Å². The number of nitrogens with one attached hydrogen (secondary N) is 1. The lowest BCUT2D eigenvalue weighted by atomic mass is 10.0. The van der Waals surface area contributed by atoms with Crippen LogP contribution < -0.4 is 5.56 Å². The summed E-state index contributed by atoms with van der Waals surface area (Å²) in [5, 5.41) is 10.7. The lowest BCUT2D eigenvalue weighted by Crippen LogP contribution is -2.33. The van der Waals surface area contributed by atoms with E-state index in [9.17, 15) is 14.9 Å². The SMILES string of the molecule is C[C@H]1CCCN(Cc2cc3c(C#N)cn(-c4cc(-c5cccnc5C(=O)N(C)C)cc(C5CC5)n4)c(=O)c3[nH]2)C1. The van der Waals surface area contributed by atoms with E-state index in [1.807, 2.05) is 24.3 Å². The molecule has 0 unspecified atom stereocenters. The number of likely N-dealkylation sites (tertiary alicyclic amines) is 1. The monoisotopic (exact) mass is 535 g/mol. The van der Waals surface area contributed by atoms with E-state index in [4.69, 9.17) is 4.98 Å². The molecule has 1 aliphatic heterocycles. The quantitative estimate of drug-likeness (QED) is 0.390. The summed E-state index contributed by atoms with van der Waals surface area (Å²) in [5.74, 6) is 1.19. The maximum Gasteiger partial charge on any atom is 0.280 e. The van der Waals surface area contributed by atoms with Gasteiger partial charge in [0, 0.05) is 67.8 Å². The fourth-order valence-corrected chi connectivity index (χ4v) is 5.71. The Bertz CT molecular complexity index is 1710. The number of piperidine rings is 1. The number of nitriles is 1. The summed E-state index contributed by atoms with van der Waals surface area (Å²) in [6.45, 7) is 5.04. The van der Waals surface area contributed by atoms with Gasteiger partial charge in [-0.3, -0.25) is 24.0 Å². The van der Waals surface area contributed by atoms with Crippen molar-refractivity contribution in [2.75, 3.05) is 27.2 Å². The zero-order valence-corrected chi connectivity index (χ0v) is 23.1. The molecule has 1 saturated heterocycles. The van der Waals surface area contributed by atoms with Crippen molar-refractivity contribution in [3.8, 4) is 23.0 Å². The van der Waals surface area contributed by atoms with E-state index >= 15 is 0 Å². The van der Waals surface area contributed by atoms with Gasteiger partial charge in [0.05, 0.1) is 5.56 Å². The summed E-state index contributed by atoms with van der Waals surface area (Å²) in [6.07, 6.45) is 7.66. The number of hydrogen-bond acceptors (Lipinski definition) is 6. The highest BCUT2D eigenvalue weighted by Crippen LogP contribution is 2.41. The van der Waals surface area contributed by atoms with Crippen LogP contribution in [0.15, 0.2) is 47.5 Å². The van der Waals surface area contributed by atoms with Gasteiger partial charge in [-0.1, -0.05) is 13.0 Å². The topological polar surface area (TPSA) is 111 Å². The molecule has 0 spiro atoms. The molecule has 0 aromatic carbocycles. The minimum atomic E-state index is -0.255. The third-order valence-corrected chi connectivity index (χ3v) is 7.91. The first-order valence-corrected chi connectivity index (χ1v) is 13.9. The summed E-state index contributed by atoms with van der Waals surface area (Å²) in [6, 6.07) is 11.7. The minimum absolute atomic E-state index is 0.200. The van der Waals surface area contributed by atoms with Crippen LogP contribution in [0.1, 0.15) is 66.0 Å². The van der Waals surface area contributed by atoms with Crippen molar-refractivity contribution >= 4 is 16.8 Å². The van der Waals surface area contributed by atoms with Crippen molar-refractivity contribution < 1.29 is 4.79 Å². The molecule has 5 heterocycles. The molecule has 9 nitrogen and oxygen atoms in total. The van der Waals surface area contributed by atoms with Crippen molar-refractivity contribution in [1.82, 2.24) is 29.3 Å². The van der Waals surface area contributed by atoms with Crippen LogP contribution in [0.25, 0.3) is 27.8 Å². The number of fused-ring (bicyclic) bond motifs is 1. The summed E-state index contributed by atoms with van der Waals surface area (Å²) >= 11 is 0. The van der Waals surface area contributed by atoms with Gasteiger partial charge in [0.15, 0.2) is 0 Å². The van der Waals surface area contributed by atoms with Crippen LogP contribution in [-0.4, -0.2) is 62.4 Å². The average molecular weight is 536 g/mol. The third-order valence-electron chi connectivity index (χ3n) is 7.91. The number of aromatic nitrogens is 4. The molecular weight excluding hydrogens is 502 g/mol. The fraction of sp³-hybridized carbons (Fsp3) is 0.387. The Morgan fingerprint density at radius 1 is 1.23 bits per heavy atom. The number of hydrogen-bond donors (Lipinski definition) is 1. The van der Waals surface area contributed by atoms with Crippen LogP contribution >= 0.6 is 0 Å². The predicted molar refractivity (Wildman–Crippen MR) is 153 cm³/mol. The normalized spacial score (nSPS) is 17.6. The second-order valence-electron chi connectivity index (χ2n) is 11.4. The molecule has 2 fully saturated rings. The van der Waals surface area contributed by atoms with Crippen LogP contribution in [0.2, 0.25) is 0 Å². The Morgan fingerprint density at radius 3 is 2.77 bits per heavy atom.